The fraction of sp³-hybridized carbons (Fsp3) is 0.700. The molecule has 1 nitrogen and oxygen atoms in total. The predicted octanol–water partition coefficient (Wildman–Crippen LogP) is 2.78. The van der Waals surface area contributed by atoms with Gasteiger partial charge in [0.1, 0.15) is 0 Å². The maximum Gasteiger partial charge on any atom is 0.0471 e. The summed E-state index contributed by atoms with van der Waals surface area (Å²) >= 11 is 0. The first-order valence-electron chi connectivity index (χ1n) is 4.37. The average molecular weight is 154 g/mol. The second kappa shape index (κ2) is 7.59. The standard InChI is InChI=1S/C8H12O.C2H6/c1-2-3-8-4-6-9-7-5-8;1-2/h3,8H,1,4-7H2;1-2H3. The van der Waals surface area contributed by atoms with Gasteiger partial charge in [0, 0.05) is 13.2 Å². The minimum Gasteiger partial charge on any atom is -0.381 e. The van der Waals surface area contributed by atoms with Crippen molar-refractivity contribution in [2.24, 2.45) is 5.92 Å². The van der Waals surface area contributed by atoms with Crippen molar-refractivity contribution >= 4 is 0 Å². The van der Waals surface area contributed by atoms with E-state index in [2.05, 4.69) is 12.3 Å². The lowest BCUT2D eigenvalue weighted by Gasteiger charge is -2.17. The van der Waals surface area contributed by atoms with Gasteiger partial charge in [0.25, 0.3) is 0 Å². The van der Waals surface area contributed by atoms with Gasteiger partial charge in [0.05, 0.1) is 0 Å². The van der Waals surface area contributed by atoms with Crippen LogP contribution in [0.25, 0.3) is 0 Å². The van der Waals surface area contributed by atoms with Gasteiger partial charge < -0.3 is 4.74 Å². The molecule has 0 amide bonds. The van der Waals surface area contributed by atoms with Gasteiger partial charge in [0.15, 0.2) is 0 Å². The Morgan fingerprint density at radius 1 is 1.36 bits per heavy atom. The Kier molecular flexibility index (Phi) is 7.23. The summed E-state index contributed by atoms with van der Waals surface area (Å²) in [6.45, 7) is 9.34. The fourth-order valence-electron chi connectivity index (χ4n) is 1.05. The summed E-state index contributed by atoms with van der Waals surface area (Å²) in [5, 5.41) is 0. The van der Waals surface area contributed by atoms with Gasteiger partial charge in [0.2, 0.25) is 0 Å². The number of ether oxygens (including phenoxy) is 1. The highest BCUT2D eigenvalue weighted by Crippen LogP contribution is 2.14. The Bertz CT molecular complexity index is 117. The molecule has 1 aliphatic rings. The van der Waals surface area contributed by atoms with E-state index in [4.69, 9.17) is 4.74 Å². The summed E-state index contributed by atoms with van der Waals surface area (Å²) in [6.07, 6.45) is 4.33. The second-order valence-corrected chi connectivity index (χ2v) is 2.32. The van der Waals surface area contributed by atoms with Crippen molar-refractivity contribution < 1.29 is 4.74 Å². The van der Waals surface area contributed by atoms with Crippen molar-refractivity contribution in [3.05, 3.63) is 18.4 Å². The molecule has 1 rings (SSSR count). The normalized spacial score (nSPS) is 17.6. The van der Waals surface area contributed by atoms with E-state index in [0.29, 0.717) is 5.92 Å². The maximum absolute atomic E-state index is 5.18. The molecule has 0 aromatic rings. The lowest BCUT2D eigenvalue weighted by Crippen LogP contribution is -2.13. The largest absolute Gasteiger partial charge is 0.381 e. The van der Waals surface area contributed by atoms with E-state index in [9.17, 15) is 0 Å². The second-order valence-electron chi connectivity index (χ2n) is 2.32. The van der Waals surface area contributed by atoms with Gasteiger partial charge in [-0.3, -0.25) is 0 Å². The number of hydrogen-bond donors (Lipinski definition) is 0. The van der Waals surface area contributed by atoms with Crippen molar-refractivity contribution in [2.45, 2.75) is 26.7 Å². The Balaban J connectivity index is 0.000000461. The van der Waals surface area contributed by atoms with Crippen molar-refractivity contribution in [2.75, 3.05) is 13.2 Å². The van der Waals surface area contributed by atoms with Gasteiger partial charge in [-0.2, -0.15) is 0 Å². The smallest absolute Gasteiger partial charge is 0.0471 e. The van der Waals surface area contributed by atoms with Crippen LogP contribution in [-0.4, -0.2) is 13.2 Å². The summed E-state index contributed by atoms with van der Waals surface area (Å²) < 4.78 is 5.18. The minimum atomic E-state index is 0.677. The average Bonchev–Trinajstić information content (AvgIpc) is 2.11. The zero-order chi connectivity index (χ0) is 8.53. The number of rotatable bonds is 1. The van der Waals surface area contributed by atoms with Gasteiger partial charge in [-0.25, -0.2) is 0 Å². The van der Waals surface area contributed by atoms with Crippen molar-refractivity contribution in [1.29, 1.82) is 0 Å². The summed E-state index contributed by atoms with van der Waals surface area (Å²) in [7, 11) is 0. The molecule has 0 aromatic carbocycles. The lowest BCUT2D eigenvalue weighted by atomic mass is 10.0. The highest BCUT2D eigenvalue weighted by molar-refractivity contribution is 4.85. The topological polar surface area (TPSA) is 9.23 Å². The molecule has 1 heteroatoms. The zero-order valence-electron chi connectivity index (χ0n) is 7.60. The molecule has 1 aliphatic heterocycles. The third-order valence-electron chi connectivity index (χ3n) is 1.62. The zero-order valence-corrected chi connectivity index (χ0v) is 7.60. The SMILES string of the molecule is C=C=CC1CCOCC1.CC. The Morgan fingerprint density at radius 3 is 2.36 bits per heavy atom. The van der Waals surface area contributed by atoms with E-state index in [1.807, 2.05) is 19.9 Å². The van der Waals surface area contributed by atoms with Crippen LogP contribution in [0.5, 0.6) is 0 Å². The summed E-state index contributed by atoms with van der Waals surface area (Å²) in [5.74, 6) is 0.677. The Morgan fingerprint density at radius 2 is 1.91 bits per heavy atom. The van der Waals surface area contributed by atoms with Gasteiger partial charge >= 0.3 is 0 Å². The quantitative estimate of drug-likeness (QED) is 0.528. The van der Waals surface area contributed by atoms with Crippen LogP contribution in [0.2, 0.25) is 0 Å². The first-order valence-corrected chi connectivity index (χ1v) is 4.37. The molecule has 0 unspecified atom stereocenters. The molecule has 0 N–H and O–H groups in total. The van der Waals surface area contributed by atoms with Crippen LogP contribution >= 0.6 is 0 Å². The van der Waals surface area contributed by atoms with Crippen LogP contribution in [0.4, 0.5) is 0 Å². The number of hydrogen-bond acceptors (Lipinski definition) is 1. The Hall–Kier alpha value is -0.520. The first kappa shape index (κ1) is 10.5. The summed E-state index contributed by atoms with van der Waals surface area (Å²) in [5.41, 5.74) is 2.81. The molecular formula is C10H18O. The molecule has 1 saturated heterocycles. The highest BCUT2D eigenvalue weighted by Gasteiger charge is 2.08. The minimum absolute atomic E-state index is 0.677. The van der Waals surface area contributed by atoms with Crippen LogP contribution in [0, 0.1) is 5.92 Å². The van der Waals surface area contributed by atoms with Crippen LogP contribution in [0.15, 0.2) is 18.4 Å². The molecule has 0 aromatic heterocycles. The van der Waals surface area contributed by atoms with Crippen molar-refractivity contribution in [3.8, 4) is 0 Å². The van der Waals surface area contributed by atoms with Crippen molar-refractivity contribution in [3.63, 3.8) is 0 Å². The van der Waals surface area contributed by atoms with E-state index < -0.39 is 0 Å². The van der Waals surface area contributed by atoms with Gasteiger partial charge in [-0.05, 0) is 24.8 Å². The van der Waals surface area contributed by atoms with Crippen molar-refractivity contribution in [1.82, 2.24) is 0 Å². The predicted molar refractivity (Wildman–Crippen MR) is 48.6 cm³/mol. The van der Waals surface area contributed by atoms with Gasteiger partial charge in [-0.15, -0.1) is 5.73 Å². The molecule has 64 valence electrons. The Labute approximate surface area is 69.8 Å². The molecule has 0 aliphatic carbocycles. The molecular weight excluding hydrogens is 136 g/mol. The molecule has 0 bridgehead atoms. The van der Waals surface area contributed by atoms with Gasteiger partial charge in [-0.1, -0.05) is 20.4 Å². The fourth-order valence-corrected chi connectivity index (χ4v) is 1.05. The molecule has 0 atom stereocenters. The third kappa shape index (κ3) is 4.83. The van der Waals surface area contributed by atoms with E-state index >= 15 is 0 Å². The van der Waals surface area contributed by atoms with E-state index in [-0.39, 0.29) is 0 Å². The van der Waals surface area contributed by atoms with Crippen LogP contribution < -0.4 is 0 Å². The van der Waals surface area contributed by atoms with E-state index in [1.54, 1.807) is 0 Å². The molecule has 11 heavy (non-hydrogen) atoms. The number of allylic oxidation sites excluding steroid dienone is 1. The van der Waals surface area contributed by atoms with Crippen LogP contribution in [0.1, 0.15) is 26.7 Å². The highest BCUT2D eigenvalue weighted by atomic mass is 16.5. The monoisotopic (exact) mass is 154 g/mol. The maximum atomic E-state index is 5.18. The first-order chi connectivity index (χ1) is 5.43. The van der Waals surface area contributed by atoms with Crippen LogP contribution in [0.3, 0.4) is 0 Å². The van der Waals surface area contributed by atoms with E-state index in [1.165, 1.54) is 0 Å². The third-order valence-corrected chi connectivity index (χ3v) is 1.62. The summed E-state index contributed by atoms with van der Waals surface area (Å²) in [4.78, 5) is 0. The molecule has 0 spiro atoms. The molecule has 1 heterocycles. The van der Waals surface area contributed by atoms with E-state index in [0.717, 1.165) is 26.1 Å². The summed E-state index contributed by atoms with van der Waals surface area (Å²) in [6, 6.07) is 0. The lowest BCUT2D eigenvalue weighted by molar-refractivity contribution is 0.0786. The molecule has 0 radical (unpaired) electrons. The molecule has 0 saturated carbocycles. The molecule has 1 fully saturated rings. The van der Waals surface area contributed by atoms with Crippen LogP contribution in [-0.2, 0) is 4.74 Å².